The first-order chi connectivity index (χ1) is 11.2. The van der Waals surface area contributed by atoms with Gasteiger partial charge in [0.15, 0.2) is 17.4 Å². The van der Waals surface area contributed by atoms with Crippen LogP contribution in [-0.2, 0) is 13.8 Å². The van der Waals surface area contributed by atoms with E-state index in [4.69, 9.17) is 20.3 Å². The highest BCUT2D eigenvalue weighted by Crippen LogP contribution is 2.44. The van der Waals surface area contributed by atoms with Gasteiger partial charge in [-0.15, -0.1) is 5.10 Å². The van der Waals surface area contributed by atoms with Gasteiger partial charge in [-0.2, -0.15) is 9.67 Å². The molecule has 0 aromatic carbocycles. The summed E-state index contributed by atoms with van der Waals surface area (Å²) in [6.45, 7) is -0.651. The number of rotatable bonds is 4. The number of aromatic nitrogens is 5. The quantitative estimate of drug-likeness (QED) is 0.296. The van der Waals surface area contributed by atoms with Gasteiger partial charge in [0.1, 0.15) is 18.3 Å². The molecule has 24 heavy (non-hydrogen) atoms. The number of anilines is 1. The highest BCUT2D eigenvalue weighted by molar-refractivity contribution is 7.46. The summed E-state index contributed by atoms with van der Waals surface area (Å²) in [7, 11) is -5.00. The number of aliphatic hydroxyl groups is 2. The lowest BCUT2D eigenvalue weighted by Gasteiger charge is -2.20. The van der Waals surface area contributed by atoms with Gasteiger partial charge >= 0.3 is 7.82 Å². The highest BCUT2D eigenvalue weighted by Gasteiger charge is 2.49. The molecule has 4 unspecified atom stereocenters. The third-order valence-corrected chi connectivity index (χ3v) is 3.86. The zero-order valence-corrected chi connectivity index (χ0v) is 12.6. The molecule has 0 aliphatic carbocycles. The fourth-order valence-electron chi connectivity index (χ4n) is 2.37. The maximum absolute atomic E-state index is 11.7. The molecule has 14 nitrogen and oxygen atoms in total. The Bertz CT molecular complexity index is 861. The van der Waals surface area contributed by atoms with Gasteiger partial charge in [0.05, 0.1) is 6.61 Å². The summed E-state index contributed by atoms with van der Waals surface area (Å²) in [4.78, 5) is 35.8. The second-order valence-corrected chi connectivity index (χ2v) is 6.15. The van der Waals surface area contributed by atoms with Crippen molar-refractivity contribution in [3.63, 3.8) is 0 Å². The summed E-state index contributed by atoms with van der Waals surface area (Å²) in [5.41, 5.74) is 4.41. The summed E-state index contributed by atoms with van der Waals surface area (Å²) < 4.78 is 21.9. The van der Waals surface area contributed by atoms with Gasteiger partial charge < -0.3 is 30.5 Å². The minimum atomic E-state index is -5.00. The Hall–Kier alpha value is -1.93. The number of nitrogens with one attached hydrogen (secondary N) is 1. The maximum Gasteiger partial charge on any atom is 0.470 e. The second kappa shape index (κ2) is 5.86. The van der Waals surface area contributed by atoms with Crippen LogP contribution < -0.4 is 11.3 Å². The number of fused-ring (bicyclic) bond motifs is 1. The molecule has 132 valence electrons. The molecule has 3 rings (SSSR count). The standard InChI is InChI=1S/C9H13N6O8P/c10-9-11-6-3(7(18)12-9)13-14-15(6)8-5(23-24(19,20)21)4(17)2(1-16)22-8/h2,4-5,8,16-17H,1H2,(H2,19,20,21)(H3,10,11,12,18). The molecule has 1 saturated heterocycles. The molecule has 0 amide bonds. The largest absolute Gasteiger partial charge is 0.470 e. The van der Waals surface area contributed by atoms with Crippen LogP contribution >= 0.6 is 7.82 Å². The first-order valence-electron chi connectivity index (χ1n) is 6.50. The molecule has 1 aliphatic heterocycles. The second-order valence-electron chi connectivity index (χ2n) is 4.96. The minimum absolute atomic E-state index is 0.147. The van der Waals surface area contributed by atoms with Gasteiger partial charge in [0.2, 0.25) is 5.95 Å². The molecule has 0 spiro atoms. The number of phosphoric acid groups is 1. The van der Waals surface area contributed by atoms with Crippen molar-refractivity contribution < 1.29 is 33.8 Å². The number of hydrogen-bond acceptors (Lipinski definition) is 10. The van der Waals surface area contributed by atoms with E-state index in [2.05, 4.69) is 24.8 Å². The zero-order valence-electron chi connectivity index (χ0n) is 11.8. The minimum Gasteiger partial charge on any atom is -0.394 e. The number of nitrogens with zero attached hydrogens (tertiary/aromatic N) is 4. The van der Waals surface area contributed by atoms with Crippen LogP contribution in [0.5, 0.6) is 0 Å². The molecule has 0 saturated carbocycles. The van der Waals surface area contributed by atoms with Crippen LogP contribution in [0.2, 0.25) is 0 Å². The number of nitrogens with two attached hydrogens (primary N) is 1. The molecule has 2 aromatic rings. The average Bonchev–Trinajstić information content (AvgIpc) is 3.00. The lowest BCUT2D eigenvalue weighted by molar-refractivity contribution is -0.0567. The maximum atomic E-state index is 11.7. The van der Waals surface area contributed by atoms with E-state index >= 15 is 0 Å². The van der Waals surface area contributed by atoms with E-state index in [9.17, 15) is 19.6 Å². The van der Waals surface area contributed by atoms with E-state index in [0.29, 0.717) is 0 Å². The molecule has 1 aliphatic rings. The average molecular weight is 364 g/mol. The molecular weight excluding hydrogens is 351 g/mol. The van der Waals surface area contributed by atoms with E-state index in [1.807, 2.05) is 0 Å². The van der Waals surface area contributed by atoms with Gasteiger partial charge in [-0.1, -0.05) is 5.21 Å². The lowest BCUT2D eigenvalue weighted by atomic mass is 10.1. The summed E-state index contributed by atoms with van der Waals surface area (Å²) in [5, 5.41) is 26.5. The molecule has 2 aromatic heterocycles. The van der Waals surface area contributed by atoms with Gasteiger partial charge in [-0.05, 0) is 0 Å². The Morgan fingerprint density at radius 2 is 2.17 bits per heavy atom. The first-order valence-corrected chi connectivity index (χ1v) is 8.03. The Morgan fingerprint density at radius 1 is 1.46 bits per heavy atom. The van der Waals surface area contributed by atoms with Crippen molar-refractivity contribution >= 4 is 24.9 Å². The van der Waals surface area contributed by atoms with E-state index in [0.717, 1.165) is 4.68 Å². The fraction of sp³-hybridized carbons (Fsp3) is 0.556. The van der Waals surface area contributed by atoms with Gasteiger partial charge in [-0.25, -0.2) is 4.57 Å². The predicted molar refractivity (Wildman–Crippen MR) is 74.3 cm³/mol. The molecule has 4 atom stereocenters. The van der Waals surface area contributed by atoms with Crippen LogP contribution in [0, 0.1) is 0 Å². The topological polar surface area (TPSA) is 219 Å². The van der Waals surface area contributed by atoms with Crippen LogP contribution in [0.25, 0.3) is 11.2 Å². The van der Waals surface area contributed by atoms with Crippen molar-refractivity contribution in [3.05, 3.63) is 10.4 Å². The predicted octanol–water partition coefficient (Wildman–Crippen LogP) is -3.17. The SMILES string of the molecule is Nc1nc2c(nnn2C2OC(CO)C(O)C2OP(=O)(O)O)c(=O)[nH]1. The van der Waals surface area contributed by atoms with Crippen molar-refractivity contribution in [1.29, 1.82) is 0 Å². The third-order valence-electron chi connectivity index (χ3n) is 3.35. The van der Waals surface area contributed by atoms with Crippen molar-refractivity contribution in [2.75, 3.05) is 12.3 Å². The van der Waals surface area contributed by atoms with Crippen molar-refractivity contribution in [2.24, 2.45) is 0 Å². The van der Waals surface area contributed by atoms with Crippen molar-refractivity contribution in [1.82, 2.24) is 25.0 Å². The smallest absolute Gasteiger partial charge is 0.394 e. The van der Waals surface area contributed by atoms with E-state index in [1.54, 1.807) is 0 Å². The van der Waals surface area contributed by atoms with Crippen molar-refractivity contribution in [2.45, 2.75) is 24.5 Å². The van der Waals surface area contributed by atoms with E-state index < -0.39 is 44.5 Å². The number of nitrogen functional groups attached to an aromatic ring is 1. The van der Waals surface area contributed by atoms with Crippen LogP contribution in [0.1, 0.15) is 6.23 Å². The van der Waals surface area contributed by atoms with E-state index in [-0.39, 0.29) is 17.1 Å². The molecule has 3 heterocycles. The number of ether oxygens (including phenoxy) is 1. The zero-order chi connectivity index (χ0) is 17.6. The molecule has 1 fully saturated rings. The summed E-state index contributed by atoms with van der Waals surface area (Å²) >= 11 is 0. The third kappa shape index (κ3) is 2.91. The number of phosphoric ester groups is 1. The van der Waals surface area contributed by atoms with Crippen LogP contribution in [-0.4, -0.2) is 69.9 Å². The van der Waals surface area contributed by atoms with E-state index in [1.165, 1.54) is 0 Å². The molecular formula is C9H13N6O8P. The van der Waals surface area contributed by atoms with Crippen LogP contribution in [0.3, 0.4) is 0 Å². The lowest BCUT2D eigenvalue weighted by Crippen LogP contribution is -2.35. The summed E-state index contributed by atoms with van der Waals surface area (Å²) in [5.74, 6) is -0.249. The Balaban J connectivity index is 2.09. The molecule has 0 radical (unpaired) electrons. The number of aromatic amines is 1. The highest BCUT2D eigenvalue weighted by atomic mass is 31.2. The fourth-order valence-corrected chi connectivity index (χ4v) is 2.91. The number of hydrogen-bond donors (Lipinski definition) is 6. The Morgan fingerprint density at radius 3 is 2.79 bits per heavy atom. The molecule has 15 heteroatoms. The van der Waals surface area contributed by atoms with Crippen LogP contribution in [0.15, 0.2) is 4.79 Å². The first kappa shape index (κ1) is 16.9. The number of aliphatic hydroxyl groups excluding tert-OH is 2. The molecule has 0 bridgehead atoms. The number of H-pyrrole nitrogens is 1. The van der Waals surface area contributed by atoms with Gasteiger partial charge in [-0.3, -0.25) is 14.3 Å². The normalized spacial score (nSPS) is 27.8. The van der Waals surface area contributed by atoms with Gasteiger partial charge in [0.25, 0.3) is 5.56 Å². The Labute approximate surface area is 132 Å². The monoisotopic (exact) mass is 364 g/mol. The van der Waals surface area contributed by atoms with Crippen molar-refractivity contribution in [3.8, 4) is 0 Å². The van der Waals surface area contributed by atoms with Gasteiger partial charge in [0, 0.05) is 0 Å². The Kier molecular flexibility index (Phi) is 4.13. The summed E-state index contributed by atoms with van der Waals surface area (Å²) in [6.07, 6.45) is -5.80. The van der Waals surface area contributed by atoms with Crippen LogP contribution in [0.4, 0.5) is 5.95 Å². The molecule has 7 N–H and O–H groups in total. The summed E-state index contributed by atoms with van der Waals surface area (Å²) in [6, 6.07) is 0.